The molecular formula is C13H21N. The lowest BCUT2D eigenvalue weighted by atomic mass is 9.93. The zero-order valence-electron chi connectivity index (χ0n) is 9.46. The Morgan fingerprint density at radius 1 is 1.43 bits per heavy atom. The molecule has 0 amide bonds. The second kappa shape index (κ2) is 5.69. The van der Waals surface area contributed by atoms with Crippen LogP contribution in [-0.4, -0.2) is 6.54 Å². The number of allylic oxidation sites excluding steroid dienone is 4. The van der Waals surface area contributed by atoms with E-state index in [1.165, 1.54) is 12.0 Å². The lowest BCUT2D eigenvalue weighted by Gasteiger charge is -2.14. The van der Waals surface area contributed by atoms with Crippen molar-refractivity contribution in [1.82, 2.24) is 5.32 Å². The molecule has 1 heteroatoms. The minimum Gasteiger partial charge on any atom is -0.387 e. The first-order chi connectivity index (χ1) is 6.70. The topological polar surface area (TPSA) is 12.0 Å². The summed E-state index contributed by atoms with van der Waals surface area (Å²) in [5.74, 6) is 1.28. The van der Waals surface area contributed by atoms with Gasteiger partial charge in [-0.15, -0.1) is 0 Å². The fraction of sp³-hybridized carbons (Fsp3) is 0.538. The second-order valence-electron chi connectivity index (χ2n) is 4.33. The van der Waals surface area contributed by atoms with Crippen molar-refractivity contribution in [3.63, 3.8) is 0 Å². The molecule has 1 nitrogen and oxygen atoms in total. The SMILES string of the molecule is CC(C)C/C1=C/NC/C=C\C=C/C1C. The molecule has 0 spiro atoms. The van der Waals surface area contributed by atoms with E-state index in [-0.39, 0.29) is 0 Å². The van der Waals surface area contributed by atoms with Gasteiger partial charge in [-0.25, -0.2) is 0 Å². The van der Waals surface area contributed by atoms with Crippen LogP contribution >= 0.6 is 0 Å². The van der Waals surface area contributed by atoms with Gasteiger partial charge >= 0.3 is 0 Å². The number of hydrogen-bond acceptors (Lipinski definition) is 1. The van der Waals surface area contributed by atoms with Crippen molar-refractivity contribution in [1.29, 1.82) is 0 Å². The smallest absolute Gasteiger partial charge is 0.0328 e. The van der Waals surface area contributed by atoms with Gasteiger partial charge in [-0.3, -0.25) is 0 Å². The van der Waals surface area contributed by atoms with Crippen molar-refractivity contribution in [2.24, 2.45) is 11.8 Å². The van der Waals surface area contributed by atoms with Crippen molar-refractivity contribution < 1.29 is 0 Å². The molecule has 1 heterocycles. The highest BCUT2D eigenvalue weighted by molar-refractivity contribution is 5.17. The van der Waals surface area contributed by atoms with Gasteiger partial charge in [0, 0.05) is 6.54 Å². The molecule has 0 fully saturated rings. The van der Waals surface area contributed by atoms with Crippen LogP contribution in [0.15, 0.2) is 36.1 Å². The lowest BCUT2D eigenvalue weighted by Crippen LogP contribution is -2.09. The maximum absolute atomic E-state index is 3.32. The first-order valence-electron chi connectivity index (χ1n) is 5.46. The third kappa shape index (κ3) is 3.82. The first kappa shape index (κ1) is 11.1. The largest absolute Gasteiger partial charge is 0.387 e. The van der Waals surface area contributed by atoms with E-state index in [1.807, 2.05) is 0 Å². The quantitative estimate of drug-likeness (QED) is 0.706. The summed E-state index contributed by atoms with van der Waals surface area (Å²) < 4.78 is 0. The Morgan fingerprint density at radius 3 is 2.93 bits per heavy atom. The molecule has 0 radical (unpaired) electrons. The Balaban J connectivity index is 2.68. The van der Waals surface area contributed by atoms with Crippen molar-refractivity contribution in [3.05, 3.63) is 36.1 Å². The van der Waals surface area contributed by atoms with E-state index in [1.54, 1.807) is 0 Å². The van der Waals surface area contributed by atoms with Crippen molar-refractivity contribution in [2.75, 3.05) is 6.54 Å². The Morgan fingerprint density at radius 2 is 2.21 bits per heavy atom. The van der Waals surface area contributed by atoms with E-state index in [0.29, 0.717) is 5.92 Å². The Labute approximate surface area is 87.6 Å². The summed E-state index contributed by atoms with van der Waals surface area (Å²) in [6.45, 7) is 7.72. The van der Waals surface area contributed by atoms with E-state index in [4.69, 9.17) is 0 Å². The van der Waals surface area contributed by atoms with Gasteiger partial charge in [-0.05, 0) is 30.0 Å². The van der Waals surface area contributed by atoms with E-state index in [9.17, 15) is 0 Å². The zero-order chi connectivity index (χ0) is 10.4. The fourth-order valence-electron chi connectivity index (χ4n) is 1.61. The third-order valence-electron chi connectivity index (χ3n) is 2.40. The van der Waals surface area contributed by atoms with Gasteiger partial charge in [0.05, 0.1) is 0 Å². The highest BCUT2D eigenvalue weighted by Gasteiger charge is 2.07. The van der Waals surface area contributed by atoms with Crippen LogP contribution < -0.4 is 5.32 Å². The van der Waals surface area contributed by atoms with Gasteiger partial charge in [0.1, 0.15) is 0 Å². The maximum Gasteiger partial charge on any atom is 0.0328 e. The molecular weight excluding hydrogens is 170 g/mol. The van der Waals surface area contributed by atoms with Crippen LogP contribution in [-0.2, 0) is 0 Å². The monoisotopic (exact) mass is 191 g/mol. The molecule has 0 aromatic rings. The van der Waals surface area contributed by atoms with Gasteiger partial charge in [-0.2, -0.15) is 0 Å². The Hall–Kier alpha value is -0.980. The van der Waals surface area contributed by atoms with Crippen LogP contribution in [0.3, 0.4) is 0 Å². The minimum atomic E-state index is 0.549. The van der Waals surface area contributed by atoms with Crippen LogP contribution in [0.2, 0.25) is 0 Å². The molecule has 0 aromatic carbocycles. The summed E-state index contributed by atoms with van der Waals surface area (Å²) in [6.07, 6.45) is 12.0. The number of hydrogen-bond donors (Lipinski definition) is 1. The summed E-state index contributed by atoms with van der Waals surface area (Å²) >= 11 is 0. The van der Waals surface area contributed by atoms with Gasteiger partial charge in [0.15, 0.2) is 0 Å². The van der Waals surface area contributed by atoms with Crippen LogP contribution in [0.4, 0.5) is 0 Å². The molecule has 0 saturated carbocycles. The molecule has 0 bridgehead atoms. The Kier molecular flexibility index (Phi) is 4.51. The van der Waals surface area contributed by atoms with E-state index in [2.05, 4.69) is 56.6 Å². The van der Waals surface area contributed by atoms with E-state index < -0.39 is 0 Å². The van der Waals surface area contributed by atoms with Gasteiger partial charge < -0.3 is 5.32 Å². The summed E-state index contributed by atoms with van der Waals surface area (Å²) in [5, 5.41) is 3.32. The normalized spacial score (nSPS) is 30.6. The average Bonchev–Trinajstić information content (AvgIpc) is 2.20. The summed E-state index contributed by atoms with van der Waals surface area (Å²) in [4.78, 5) is 0. The highest BCUT2D eigenvalue weighted by atomic mass is 14.8. The molecule has 1 unspecified atom stereocenters. The van der Waals surface area contributed by atoms with E-state index >= 15 is 0 Å². The van der Waals surface area contributed by atoms with Gasteiger partial charge in [-0.1, -0.05) is 45.1 Å². The lowest BCUT2D eigenvalue weighted by molar-refractivity contribution is 0.600. The first-order valence-corrected chi connectivity index (χ1v) is 5.46. The van der Waals surface area contributed by atoms with Crippen LogP contribution in [0, 0.1) is 11.8 Å². The molecule has 1 atom stereocenters. The summed E-state index contributed by atoms with van der Waals surface area (Å²) in [6, 6.07) is 0. The molecule has 1 N–H and O–H groups in total. The van der Waals surface area contributed by atoms with Crippen molar-refractivity contribution in [3.8, 4) is 0 Å². The maximum atomic E-state index is 3.32. The standard InChI is InChI=1S/C13H21N/c1-11(2)9-13-10-14-8-6-4-5-7-12(13)3/h4-7,10-12,14H,8-9H2,1-3H3/b6-4-,7-5-,13-10-. The van der Waals surface area contributed by atoms with Crippen LogP contribution in [0.1, 0.15) is 27.2 Å². The highest BCUT2D eigenvalue weighted by Crippen LogP contribution is 2.20. The molecule has 0 saturated heterocycles. The second-order valence-corrected chi connectivity index (χ2v) is 4.33. The fourth-order valence-corrected chi connectivity index (χ4v) is 1.61. The van der Waals surface area contributed by atoms with Crippen LogP contribution in [0.25, 0.3) is 0 Å². The average molecular weight is 191 g/mol. The van der Waals surface area contributed by atoms with Crippen LogP contribution in [0.5, 0.6) is 0 Å². The Bertz CT molecular complexity index is 246. The minimum absolute atomic E-state index is 0.549. The molecule has 1 rings (SSSR count). The number of rotatable bonds is 2. The molecule has 0 aromatic heterocycles. The molecule has 1 aliphatic rings. The molecule has 78 valence electrons. The summed E-state index contributed by atoms with van der Waals surface area (Å²) in [7, 11) is 0. The van der Waals surface area contributed by atoms with Gasteiger partial charge in [0.2, 0.25) is 0 Å². The molecule has 1 aliphatic heterocycles. The third-order valence-corrected chi connectivity index (χ3v) is 2.40. The molecule has 0 aliphatic carbocycles. The number of nitrogens with one attached hydrogen (secondary N) is 1. The zero-order valence-corrected chi connectivity index (χ0v) is 9.46. The van der Waals surface area contributed by atoms with Crippen molar-refractivity contribution in [2.45, 2.75) is 27.2 Å². The summed E-state index contributed by atoms with van der Waals surface area (Å²) in [5.41, 5.74) is 1.50. The van der Waals surface area contributed by atoms with Gasteiger partial charge in [0.25, 0.3) is 0 Å². The predicted molar refractivity (Wildman–Crippen MR) is 63.0 cm³/mol. The molecule has 14 heavy (non-hydrogen) atoms. The predicted octanol–water partition coefficient (Wildman–Crippen LogP) is 3.27. The van der Waals surface area contributed by atoms with E-state index in [0.717, 1.165) is 12.5 Å². The van der Waals surface area contributed by atoms with Crippen molar-refractivity contribution >= 4 is 0 Å².